The lowest BCUT2D eigenvalue weighted by atomic mass is 9.65. The van der Waals surface area contributed by atoms with E-state index in [1.54, 1.807) is 24.3 Å². The Balaban J connectivity index is 1.45. The lowest BCUT2D eigenvalue weighted by Crippen LogP contribution is -2.52. The summed E-state index contributed by atoms with van der Waals surface area (Å²) in [5.74, 6) is -1.60. The Hall–Kier alpha value is -2.61. The predicted molar refractivity (Wildman–Crippen MR) is 135 cm³/mol. The van der Waals surface area contributed by atoms with Crippen LogP contribution in [0.1, 0.15) is 54.4 Å². The Morgan fingerprint density at radius 1 is 1.00 bits per heavy atom. The third-order valence-corrected chi connectivity index (χ3v) is 7.57. The topological polar surface area (TPSA) is 108 Å². The predicted octanol–water partition coefficient (Wildman–Crippen LogP) is 5.60. The van der Waals surface area contributed by atoms with Crippen molar-refractivity contribution in [3.05, 3.63) is 68.6 Å². The Kier molecular flexibility index (Phi) is 7.69. The van der Waals surface area contributed by atoms with Gasteiger partial charge in [0.15, 0.2) is 5.78 Å². The smallest absolute Gasteiger partial charge is 0.326 e. The number of allylic oxidation sites excluding steroid dienone is 2. The molecule has 10 heteroatoms. The van der Waals surface area contributed by atoms with E-state index in [1.165, 1.54) is 12.4 Å². The van der Waals surface area contributed by atoms with Crippen LogP contribution in [0.25, 0.3) is 0 Å². The van der Waals surface area contributed by atoms with Gasteiger partial charge < -0.3 is 15.7 Å². The monoisotopic (exact) mass is 535 g/mol. The molecular weight excluding hydrogens is 513 g/mol. The van der Waals surface area contributed by atoms with Gasteiger partial charge in [-0.15, -0.1) is 0 Å². The molecule has 1 aromatic carbocycles. The molecule has 2 aliphatic rings. The Labute approximate surface area is 217 Å². The standard InChI is InChI=1S/C25H24Cl3N3O4/c26-16-12-29-13-17(27)19(16)23(33)30-15-7-5-14(6-8-15)11-18(24(34)35)31-21-20(28)22(32)25(21)9-3-1-2-4-10-25/h5-8,12-13,18,31H,1-4,9-11H2,(H,30,33)(H,34,35)/t18-/m0/s1. The molecule has 184 valence electrons. The summed E-state index contributed by atoms with van der Waals surface area (Å²) >= 11 is 18.3. The van der Waals surface area contributed by atoms with Gasteiger partial charge in [-0.25, -0.2) is 4.79 Å². The summed E-state index contributed by atoms with van der Waals surface area (Å²) in [5, 5.41) is 16.0. The molecule has 2 aliphatic carbocycles. The summed E-state index contributed by atoms with van der Waals surface area (Å²) in [5.41, 5.74) is 1.24. The molecule has 0 unspecified atom stereocenters. The van der Waals surface area contributed by atoms with Crippen LogP contribution in [-0.2, 0) is 16.0 Å². The number of aliphatic carboxylic acids is 1. The first-order valence-electron chi connectivity index (χ1n) is 11.4. The second-order valence-electron chi connectivity index (χ2n) is 8.88. The first-order valence-corrected chi connectivity index (χ1v) is 12.5. The number of anilines is 1. The van der Waals surface area contributed by atoms with E-state index in [2.05, 4.69) is 15.6 Å². The normalized spacial score (nSPS) is 18.0. The number of hydrogen-bond acceptors (Lipinski definition) is 5. The van der Waals surface area contributed by atoms with E-state index in [0.29, 0.717) is 24.2 Å². The van der Waals surface area contributed by atoms with Gasteiger partial charge >= 0.3 is 5.97 Å². The number of ketones is 1. The number of aromatic nitrogens is 1. The van der Waals surface area contributed by atoms with E-state index in [9.17, 15) is 19.5 Å². The van der Waals surface area contributed by atoms with Gasteiger partial charge in [-0.3, -0.25) is 14.6 Å². The van der Waals surface area contributed by atoms with Crippen molar-refractivity contribution in [3.63, 3.8) is 0 Å². The van der Waals surface area contributed by atoms with Crippen LogP contribution in [0.3, 0.4) is 0 Å². The first-order chi connectivity index (χ1) is 16.7. The number of Topliss-reactive ketones (excluding diaryl/α,β-unsaturated/α-hetero) is 1. The summed E-state index contributed by atoms with van der Waals surface area (Å²) < 4.78 is 0. The van der Waals surface area contributed by atoms with Crippen LogP contribution in [0, 0.1) is 5.41 Å². The summed E-state index contributed by atoms with van der Waals surface area (Å²) in [7, 11) is 0. The van der Waals surface area contributed by atoms with E-state index < -0.39 is 23.3 Å². The molecular formula is C25H24Cl3N3O4. The highest BCUT2D eigenvalue weighted by molar-refractivity contribution is 6.47. The highest BCUT2D eigenvalue weighted by atomic mass is 35.5. The molecule has 0 aliphatic heterocycles. The zero-order valence-corrected chi connectivity index (χ0v) is 21.0. The third kappa shape index (κ3) is 5.17. The molecule has 0 bridgehead atoms. The molecule has 1 aromatic heterocycles. The van der Waals surface area contributed by atoms with E-state index in [0.717, 1.165) is 31.2 Å². The maximum atomic E-state index is 12.6. The van der Waals surface area contributed by atoms with Gasteiger partial charge in [-0.05, 0) is 30.5 Å². The van der Waals surface area contributed by atoms with Crippen LogP contribution < -0.4 is 10.6 Å². The van der Waals surface area contributed by atoms with Crippen LogP contribution in [0.4, 0.5) is 5.69 Å². The van der Waals surface area contributed by atoms with Gasteiger partial charge in [-0.2, -0.15) is 0 Å². The van der Waals surface area contributed by atoms with Crippen LogP contribution >= 0.6 is 34.8 Å². The first kappa shape index (κ1) is 25.5. The number of amides is 1. The number of carbonyl (C=O) groups is 3. The molecule has 3 N–H and O–H groups in total. The van der Waals surface area contributed by atoms with Crippen molar-refractivity contribution in [2.75, 3.05) is 5.32 Å². The molecule has 1 atom stereocenters. The lowest BCUT2D eigenvalue weighted by Gasteiger charge is -2.43. The Morgan fingerprint density at radius 2 is 1.60 bits per heavy atom. The Morgan fingerprint density at radius 3 is 2.17 bits per heavy atom. The number of carboxylic acid groups (broad SMARTS) is 1. The fraction of sp³-hybridized carbons (Fsp3) is 0.360. The van der Waals surface area contributed by atoms with Gasteiger partial charge in [0, 0.05) is 30.2 Å². The molecule has 4 rings (SSSR count). The number of rotatable bonds is 7. The van der Waals surface area contributed by atoms with Crippen molar-refractivity contribution < 1.29 is 19.5 Å². The average molecular weight is 537 g/mol. The summed E-state index contributed by atoms with van der Waals surface area (Å²) in [6, 6.07) is 5.84. The number of carbonyl (C=O) groups excluding carboxylic acids is 2. The minimum absolute atomic E-state index is 0.0813. The molecule has 1 saturated carbocycles. The SMILES string of the molecule is O=C(Nc1ccc(C[C@H](NC2=C(Cl)C(=O)C23CCCCCC3)C(=O)O)cc1)c1c(Cl)cncc1Cl. The number of carboxylic acids is 1. The molecule has 0 radical (unpaired) electrons. The minimum atomic E-state index is -1.04. The minimum Gasteiger partial charge on any atom is -0.480 e. The van der Waals surface area contributed by atoms with E-state index in [4.69, 9.17) is 34.8 Å². The fourth-order valence-corrected chi connectivity index (χ4v) is 5.70. The number of benzene rings is 1. The molecule has 1 heterocycles. The average Bonchev–Trinajstić information content (AvgIpc) is 3.10. The third-order valence-electron chi connectivity index (χ3n) is 6.64. The highest BCUT2D eigenvalue weighted by Gasteiger charge is 2.53. The van der Waals surface area contributed by atoms with Crippen molar-refractivity contribution in [2.24, 2.45) is 5.41 Å². The number of nitrogens with zero attached hydrogens (tertiary/aromatic N) is 1. The largest absolute Gasteiger partial charge is 0.480 e. The highest BCUT2D eigenvalue weighted by Crippen LogP contribution is 2.52. The van der Waals surface area contributed by atoms with Crippen LogP contribution in [0.2, 0.25) is 10.0 Å². The second-order valence-corrected chi connectivity index (χ2v) is 10.1. The molecule has 35 heavy (non-hydrogen) atoms. The van der Waals surface area contributed by atoms with Gasteiger partial charge in [0.25, 0.3) is 5.91 Å². The molecule has 2 aromatic rings. The Bertz CT molecular complexity index is 1170. The number of nitrogens with one attached hydrogen (secondary N) is 2. The maximum absolute atomic E-state index is 12.6. The second kappa shape index (κ2) is 10.6. The quantitative estimate of drug-likeness (QED) is 0.425. The zero-order valence-electron chi connectivity index (χ0n) is 18.7. The summed E-state index contributed by atoms with van der Waals surface area (Å²) in [6.45, 7) is 0. The van der Waals surface area contributed by atoms with Gasteiger partial charge in [0.05, 0.1) is 21.0 Å². The molecule has 1 fully saturated rings. The van der Waals surface area contributed by atoms with Crippen molar-refractivity contribution >= 4 is 58.1 Å². The van der Waals surface area contributed by atoms with Crippen LogP contribution in [0.15, 0.2) is 47.4 Å². The lowest BCUT2D eigenvalue weighted by molar-refractivity contribution is -0.140. The number of halogens is 3. The van der Waals surface area contributed by atoms with Crippen LogP contribution in [0.5, 0.6) is 0 Å². The van der Waals surface area contributed by atoms with Crippen molar-refractivity contribution in [2.45, 2.75) is 51.0 Å². The maximum Gasteiger partial charge on any atom is 0.326 e. The van der Waals surface area contributed by atoms with Gasteiger partial charge in [0.2, 0.25) is 0 Å². The number of pyridine rings is 1. The zero-order chi connectivity index (χ0) is 25.2. The van der Waals surface area contributed by atoms with Gasteiger partial charge in [-0.1, -0.05) is 72.6 Å². The van der Waals surface area contributed by atoms with Crippen molar-refractivity contribution in [1.82, 2.24) is 10.3 Å². The molecule has 1 spiro atoms. The fourth-order valence-electron chi connectivity index (χ4n) is 4.75. The molecule has 7 nitrogen and oxygen atoms in total. The van der Waals surface area contributed by atoms with E-state index in [1.807, 2.05) is 0 Å². The van der Waals surface area contributed by atoms with Crippen molar-refractivity contribution in [3.8, 4) is 0 Å². The van der Waals surface area contributed by atoms with E-state index >= 15 is 0 Å². The molecule has 1 amide bonds. The van der Waals surface area contributed by atoms with Crippen LogP contribution in [-0.4, -0.2) is 33.8 Å². The van der Waals surface area contributed by atoms with E-state index in [-0.39, 0.29) is 32.8 Å². The molecule has 0 saturated heterocycles. The summed E-state index contributed by atoms with van der Waals surface area (Å²) in [6.07, 6.45) is 8.18. The number of hydrogen-bond donors (Lipinski definition) is 3. The van der Waals surface area contributed by atoms with Crippen molar-refractivity contribution in [1.29, 1.82) is 0 Å². The van der Waals surface area contributed by atoms with Gasteiger partial charge in [0.1, 0.15) is 11.1 Å². The summed E-state index contributed by atoms with van der Waals surface area (Å²) in [4.78, 5) is 41.1.